The number of carbonyl (C=O) groups is 2. The second-order valence-corrected chi connectivity index (χ2v) is 15.7. The number of fused-ring (bicyclic) bond motifs is 2. The summed E-state index contributed by atoms with van der Waals surface area (Å²) in [7, 11) is 0. The van der Waals surface area contributed by atoms with Gasteiger partial charge >= 0.3 is 6.03 Å². The normalized spacial score (nSPS) is 19.1. The molecular weight excluding hydrogens is 698 g/mol. The zero-order valence-electron chi connectivity index (χ0n) is 31.2. The molecule has 6 heterocycles. The number of nitrogens with zero attached hydrogens (tertiary/aromatic N) is 6. The molecule has 55 heavy (non-hydrogen) atoms. The third kappa shape index (κ3) is 6.92. The van der Waals surface area contributed by atoms with E-state index in [1.54, 1.807) is 4.90 Å². The van der Waals surface area contributed by atoms with Crippen molar-refractivity contribution < 1.29 is 23.0 Å². The molecule has 12 nitrogen and oxygen atoms in total. The highest BCUT2D eigenvalue weighted by atomic mass is 19.1. The van der Waals surface area contributed by atoms with Gasteiger partial charge in [-0.25, -0.2) is 24.1 Å². The number of aromatic nitrogens is 3. The molecule has 0 unspecified atom stereocenters. The predicted molar refractivity (Wildman–Crippen MR) is 217 cm³/mol. The molecule has 0 bridgehead atoms. The van der Waals surface area contributed by atoms with Crippen molar-refractivity contribution in [3.05, 3.63) is 95.2 Å². The van der Waals surface area contributed by atoms with Crippen LogP contribution in [-0.2, 0) is 24.2 Å². The number of allylic oxidation sites excluding steroid dienone is 1. The maximum atomic E-state index is 15.5. The highest BCUT2D eigenvalue weighted by molar-refractivity contribution is 6.05. The molecule has 3 N–H and O–H groups in total. The Kier molecular flexibility index (Phi) is 9.02. The molecule has 0 atom stereocenters. The number of pyridine rings is 1. The first-order valence-electron chi connectivity index (χ1n) is 19.4. The number of benzene rings is 2. The molecule has 290 valence electrons. The Balaban J connectivity index is 0.00000189. The molecule has 3 fully saturated rings. The number of hydrogen-bond donors (Lipinski definition) is 3. The van der Waals surface area contributed by atoms with Crippen LogP contribution in [0.5, 0.6) is 5.88 Å². The zero-order chi connectivity index (χ0) is 37.7. The van der Waals surface area contributed by atoms with Gasteiger partial charge in [-0.1, -0.05) is 18.2 Å². The maximum Gasteiger partial charge on any atom is 0.328 e. The van der Waals surface area contributed by atoms with Crippen LogP contribution in [0.2, 0.25) is 0 Å². The third-order valence-electron chi connectivity index (χ3n) is 12.3. The summed E-state index contributed by atoms with van der Waals surface area (Å²) in [5.41, 5.74) is 9.82. The minimum absolute atomic E-state index is 0. The molecule has 9 rings (SSSR count). The summed E-state index contributed by atoms with van der Waals surface area (Å²) in [4.78, 5) is 44.0. The van der Waals surface area contributed by atoms with Crippen LogP contribution < -0.4 is 35.4 Å². The Labute approximate surface area is 324 Å². The third-order valence-corrected chi connectivity index (χ3v) is 12.3. The second-order valence-electron chi connectivity index (χ2n) is 15.7. The van der Waals surface area contributed by atoms with Crippen molar-refractivity contribution in [2.45, 2.75) is 58.4 Å². The molecular formula is C42H52FN9O3. The van der Waals surface area contributed by atoms with Gasteiger partial charge in [-0.2, -0.15) is 0 Å². The van der Waals surface area contributed by atoms with E-state index in [9.17, 15) is 9.59 Å². The van der Waals surface area contributed by atoms with Crippen molar-refractivity contribution >= 4 is 46.3 Å². The summed E-state index contributed by atoms with van der Waals surface area (Å²) in [6.07, 6.45) is 9.85. The second kappa shape index (κ2) is 14.2. The lowest BCUT2D eigenvalue weighted by molar-refractivity contribution is -0.120. The molecule has 4 aromatic rings. The molecule has 1 spiro atoms. The number of ether oxygens (including phenoxy) is 1. The molecule has 1 saturated carbocycles. The van der Waals surface area contributed by atoms with E-state index in [0.717, 1.165) is 103 Å². The summed E-state index contributed by atoms with van der Waals surface area (Å²) in [6, 6.07) is 13.0. The fourth-order valence-electron chi connectivity index (χ4n) is 8.96. The molecule has 0 radical (unpaired) electrons. The Hall–Kier alpha value is -5.72. The Morgan fingerprint density at radius 1 is 1.02 bits per heavy atom. The molecule has 2 aromatic heterocycles. The number of urea groups is 1. The van der Waals surface area contributed by atoms with Crippen molar-refractivity contribution in [3.8, 4) is 5.88 Å². The summed E-state index contributed by atoms with van der Waals surface area (Å²) < 4.78 is 21.2. The van der Waals surface area contributed by atoms with Crippen LogP contribution in [0.15, 0.2) is 67.0 Å². The molecule has 4 aliphatic heterocycles. The van der Waals surface area contributed by atoms with Crippen LogP contribution in [0, 0.1) is 24.1 Å². The van der Waals surface area contributed by atoms with E-state index in [1.165, 1.54) is 6.07 Å². The molecule has 13 heteroatoms. The van der Waals surface area contributed by atoms with Gasteiger partial charge < -0.3 is 25.2 Å². The first-order chi connectivity index (χ1) is 26.7. The van der Waals surface area contributed by atoms with E-state index >= 15 is 4.39 Å². The lowest BCUT2D eigenvalue weighted by Gasteiger charge is -2.53. The molecule has 5 aliphatic rings. The zero-order valence-corrected chi connectivity index (χ0v) is 31.2. The highest BCUT2D eigenvalue weighted by Gasteiger charge is 2.46. The summed E-state index contributed by atoms with van der Waals surface area (Å²) in [5, 5.41) is 9.04. The predicted octanol–water partition coefficient (Wildman–Crippen LogP) is 7.41. The fraction of sp³-hybridized carbons (Fsp3) is 0.405. The van der Waals surface area contributed by atoms with Gasteiger partial charge in [0.15, 0.2) is 0 Å². The minimum atomic E-state index is -0.365. The lowest BCUT2D eigenvalue weighted by atomic mass is 9.55. The Morgan fingerprint density at radius 2 is 1.82 bits per heavy atom. The number of hydrogen-bond acceptors (Lipinski definition) is 10. The van der Waals surface area contributed by atoms with Gasteiger partial charge in [0.1, 0.15) is 18.1 Å². The Morgan fingerprint density at radius 3 is 2.60 bits per heavy atom. The molecule has 3 amide bonds. The van der Waals surface area contributed by atoms with Crippen molar-refractivity contribution in [2.75, 3.05) is 64.7 Å². The quantitative estimate of drug-likeness (QED) is 0.157. The van der Waals surface area contributed by atoms with Crippen molar-refractivity contribution in [1.82, 2.24) is 20.3 Å². The fourth-order valence-corrected chi connectivity index (χ4v) is 8.96. The monoisotopic (exact) mass is 749 g/mol. The van der Waals surface area contributed by atoms with Gasteiger partial charge in [-0.05, 0) is 104 Å². The van der Waals surface area contributed by atoms with E-state index in [4.69, 9.17) is 9.72 Å². The van der Waals surface area contributed by atoms with Crippen LogP contribution >= 0.6 is 0 Å². The van der Waals surface area contributed by atoms with Gasteiger partial charge in [-0.3, -0.25) is 15.0 Å². The first kappa shape index (κ1) is 35.0. The van der Waals surface area contributed by atoms with Crippen molar-refractivity contribution in [1.29, 1.82) is 0 Å². The number of piperidine rings is 1. The van der Waals surface area contributed by atoms with E-state index in [0.29, 0.717) is 67.0 Å². The average Bonchev–Trinajstić information content (AvgIpc) is 3.18. The molecule has 2 saturated heterocycles. The van der Waals surface area contributed by atoms with Crippen LogP contribution in [-0.4, -0.2) is 66.2 Å². The smallest absolute Gasteiger partial charge is 0.328 e. The van der Waals surface area contributed by atoms with E-state index in [-0.39, 0.29) is 22.0 Å². The molecule has 2 aromatic carbocycles. The number of amides is 3. The first-order valence-corrected chi connectivity index (χ1v) is 19.4. The van der Waals surface area contributed by atoms with Crippen LogP contribution in [0.3, 0.4) is 0 Å². The number of nitrogens with one attached hydrogen (secondary N) is 3. The summed E-state index contributed by atoms with van der Waals surface area (Å²) >= 11 is 0. The van der Waals surface area contributed by atoms with Gasteiger partial charge in [0.25, 0.3) is 0 Å². The SMILES string of the molecule is C=C(Cc1ccc(Nc2ncc3c(n2)CN(c2cnc4c(c2C)NCCO4)CC3)cc1F)C1CC2(CCN(c3ccc(N4CCC(=O)NC4=O)cc3)CC2)C1.[HH].[HH].[HH]. The van der Waals surface area contributed by atoms with E-state index < -0.39 is 0 Å². The van der Waals surface area contributed by atoms with Crippen LogP contribution in [0.25, 0.3) is 0 Å². The number of imide groups is 1. The van der Waals surface area contributed by atoms with Gasteiger partial charge in [-0.15, -0.1) is 0 Å². The lowest BCUT2D eigenvalue weighted by Crippen LogP contribution is -2.49. The van der Waals surface area contributed by atoms with E-state index in [1.807, 2.05) is 36.7 Å². The summed E-state index contributed by atoms with van der Waals surface area (Å²) in [5.74, 6) is 1.01. The standard InChI is InChI=1S/C42H46FN9O3.3H2/c1-26(30-21-42(22-30)11-16-50(17-12-42)32-5-7-33(8-6-32)52-15-10-37(53)49-41(52)54)19-28-3-4-31(20-34(28)43)47-40-46-23-29-9-14-51(25-35(29)48-40)36-24-45-39-38(27(36)2)44-13-18-55-39;;;/h3-8,20,23-24,30,44H,1,9-19,21-22,25H2,2H3,(H,46,47,48)(H,49,53,54);3*1H. The average molecular weight is 750 g/mol. The topological polar surface area (TPSA) is 128 Å². The summed E-state index contributed by atoms with van der Waals surface area (Å²) in [6.45, 7) is 11.7. The van der Waals surface area contributed by atoms with Crippen molar-refractivity contribution in [2.24, 2.45) is 11.3 Å². The van der Waals surface area contributed by atoms with Gasteiger partial charge in [0.2, 0.25) is 17.7 Å². The van der Waals surface area contributed by atoms with E-state index in [2.05, 4.69) is 61.4 Å². The number of rotatable bonds is 8. The Bertz CT molecular complexity index is 2180. The van der Waals surface area contributed by atoms with Crippen molar-refractivity contribution in [3.63, 3.8) is 0 Å². The van der Waals surface area contributed by atoms with Gasteiger partial charge in [0, 0.05) is 72.2 Å². The van der Waals surface area contributed by atoms with Crippen LogP contribution in [0.1, 0.15) is 58.8 Å². The largest absolute Gasteiger partial charge is 0.474 e. The maximum absolute atomic E-state index is 15.5. The molecule has 1 aliphatic carbocycles. The number of anilines is 6. The van der Waals surface area contributed by atoms with Gasteiger partial charge in [0.05, 0.1) is 24.1 Å². The number of halogens is 1. The number of carbonyl (C=O) groups excluding carboxylic acids is 2. The van der Waals surface area contributed by atoms with Crippen LogP contribution in [0.4, 0.5) is 43.6 Å². The highest BCUT2D eigenvalue weighted by Crippen LogP contribution is 2.55. The minimum Gasteiger partial charge on any atom is -0.474 e.